The number of nitrogens with one attached hydrogen (secondary N) is 1. The van der Waals surface area contributed by atoms with Gasteiger partial charge in [0.15, 0.2) is 0 Å². The second-order valence-corrected chi connectivity index (χ2v) is 8.25. The van der Waals surface area contributed by atoms with E-state index in [-0.39, 0.29) is 37.4 Å². The molecule has 6 nitrogen and oxygen atoms in total. The maximum Gasteiger partial charge on any atom is 0.306 e. The van der Waals surface area contributed by atoms with E-state index in [0.29, 0.717) is 21.4 Å². The second kappa shape index (κ2) is 10.2. The molecular formula is C19H28Cl2N2O4. The van der Waals surface area contributed by atoms with E-state index in [2.05, 4.69) is 5.32 Å². The Bertz CT molecular complexity index is 672. The number of hydrogen-bond acceptors (Lipinski definition) is 5. The Balaban J connectivity index is 2.63. The van der Waals surface area contributed by atoms with Gasteiger partial charge in [-0.15, -0.1) is 0 Å². The van der Waals surface area contributed by atoms with Gasteiger partial charge in [-0.25, -0.2) is 0 Å². The van der Waals surface area contributed by atoms with Crippen molar-refractivity contribution in [3.05, 3.63) is 27.7 Å². The molecule has 27 heavy (non-hydrogen) atoms. The minimum absolute atomic E-state index is 0.0698. The molecule has 0 aromatic heterocycles. The Morgan fingerprint density at radius 3 is 2.41 bits per heavy atom. The highest BCUT2D eigenvalue weighted by molar-refractivity contribution is 6.43. The Hall–Kier alpha value is -1.50. The van der Waals surface area contributed by atoms with Crippen LogP contribution in [0.5, 0.6) is 5.75 Å². The van der Waals surface area contributed by atoms with E-state index >= 15 is 0 Å². The van der Waals surface area contributed by atoms with Crippen LogP contribution in [0.4, 0.5) is 0 Å². The number of esters is 1. The van der Waals surface area contributed by atoms with Gasteiger partial charge in [-0.2, -0.15) is 0 Å². The molecule has 152 valence electrons. The number of halogens is 2. The predicted octanol–water partition coefficient (Wildman–Crippen LogP) is 3.85. The number of hydrogen-bond donors (Lipinski definition) is 2. The van der Waals surface area contributed by atoms with Crippen LogP contribution in [0.1, 0.15) is 53.0 Å². The molecule has 1 atom stereocenters. The lowest BCUT2D eigenvalue weighted by molar-refractivity contribution is -0.155. The average Bonchev–Trinajstić information content (AvgIpc) is 2.54. The van der Waals surface area contributed by atoms with E-state index in [9.17, 15) is 9.59 Å². The van der Waals surface area contributed by atoms with E-state index in [1.807, 2.05) is 13.8 Å². The van der Waals surface area contributed by atoms with Crippen LogP contribution in [0, 0.1) is 0 Å². The molecule has 8 heteroatoms. The van der Waals surface area contributed by atoms with Gasteiger partial charge >= 0.3 is 5.97 Å². The number of amides is 1. The molecule has 0 spiro atoms. The monoisotopic (exact) mass is 418 g/mol. The SMILES string of the molecule is CC(C)Oc1c(CNC(=O)[C@H](N)CCC(=O)OC(C)(C)C)ccc(Cl)c1Cl. The third-order valence-electron chi connectivity index (χ3n) is 3.35. The van der Waals surface area contributed by atoms with Crippen LogP contribution in [0.15, 0.2) is 12.1 Å². The van der Waals surface area contributed by atoms with Gasteiger partial charge in [0.25, 0.3) is 0 Å². The Morgan fingerprint density at radius 1 is 1.22 bits per heavy atom. The van der Waals surface area contributed by atoms with Gasteiger partial charge in [0.2, 0.25) is 5.91 Å². The molecule has 0 fully saturated rings. The highest BCUT2D eigenvalue weighted by Crippen LogP contribution is 2.35. The highest BCUT2D eigenvalue weighted by Gasteiger charge is 2.20. The Kier molecular flexibility index (Phi) is 8.85. The standard InChI is InChI=1S/C19H28Cl2N2O4/c1-11(2)26-17-12(6-7-13(20)16(17)21)10-23-18(25)14(22)8-9-15(24)27-19(3,4)5/h6-7,11,14H,8-10,22H2,1-5H3,(H,23,25)/t14-/m1/s1. The van der Waals surface area contributed by atoms with E-state index in [1.165, 1.54) is 0 Å². The number of benzene rings is 1. The summed E-state index contributed by atoms with van der Waals surface area (Å²) in [6.45, 7) is 9.26. The molecule has 3 N–H and O–H groups in total. The van der Waals surface area contributed by atoms with E-state index in [4.69, 9.17) is 38.4 Å². The first-order valence-corrected chi connectivity index (χ1v) is 9.55. The maximum absolute atomic E-state index is 12.2. The van der Waals surface area contributed by atoms with Crippen LogP contribution in [0.2, 0.25) is 10.0 Å². The summed E-state index contributed by atoms with van der Waals surface area (Å²) in [7, 11) is 0. The van der Waals surface area contributed by atoms with Crippen molar-refractivity contribution >= 4 is 35.1 Å². The Labute approximate surface area is 170 Å². The number of carbonyl (C=O) groups is 2. The molecule has 0 aliphatic carbocycles. The van der Waals surface area contributed by atoms with Crippen molar-refractivity contribution < 1.29 is 19.1 Å². The van der Waals surface area contributed by atoms with Gasteiger partial charge in [0.1, 0.15) is 16.4 Å². The average molecular weight is 419 g/mol. The van der Waals surface area contributed by atoms with Crippen LogP contribution >= 0.6 is 23.2 Å². The lowest BCUT2D eigenvalue weighted by atomic mass is 10.1. The number of nitrogens with two attached hydrogens (primary N) is 1. The molecule has 0 bridgehead atoms. The smallest absolute Gasteiger partial charge is 0.306 e. The zero-order chi connectivity index (χ0) is 20.8. The molecule has 0 saturated heterocycles. The molecule has 0 radical (unpaired) electrons. The molecule has 0 saturated carbocycles. The normalized spacial score (nSPS) is 12.6. The third-order valence-corrected chi connectivity index (χ3v) is 4.14. The highest BCUT2D eigenvalue weighted by atomic mass is 35.5. The minimum Gasteiger partial charge on any atom is -0.489 e. The van der Waals surface area contributed by atoms with E-state index in [1.54, 1.807) is 32.9 Å². The summed E-state index contributed by atoms with van der Waals surface area (Å²) in [6.07, 6.45) is 0.157. The fourth-order valence-electron chi connectivity index (χ4n) is 2.18. The van der Waals surface area contributed by atoms with Crippen molar-refractivity contribution in [3.63, 3.8) is 0 Å². The topological polar surface area (TPSA) is 90.6 Å². The molecule has 1 rings (SSSR count). The summed E-state index contributed by atoms with van der Waals surface area (Å²) in [4.78, 5) is 23.9. The van der Waals surface area contributed by atoms with Crippen molar-refractivity contribution in [2.24, 2.45) is 5.73 Å². The van der Waals surface area contributed by atoms with Crippen molar-refractivity contribution in [2.75, 3.05) is 0 Å². The van der Waals surface area contributed by atoms with Gasteiger partial charge in [-0.1, -0.05) is 29.3 Å². The second-order valence-electron chi connectivity index (χ2n) is 7.47. The van der Waals surface area contributed by atoms with Crippen molar-refractivity contribution in [1.82, 2.24) is 5.32 Å². The fraction of sp³-hybridized carbons (Fsp3) is 0.579. The summed E-state index contributed by atoms with van der Waals surface area (Å²) < 4.78 is 10.9. The molecule has 0 unspecified atom stereocenters. The van der Waals surface area contributed by atoms with Gasteiger partial charge in [0, 0.05) is 18.5 Å². The van der Waals surface area contributed by atoms with Crippen LogP contribution in [0.25, 0.3) is 0 Å². The lowest BCUT2D eigenvalue weighted by Crippen LogP contribution is -2.40. The summed E-state index contributed by atoms with van der Waals surface area (Å²) in [5, 5.41) is 3.40. The molecule has 1 aromatic rings. The predicted molar refractivity (Wildman–Crippen MR) is 107 cm³/mol. The zero-order valence-electron chi connectivity index (χ0n) is 16.4. The summed E-state index contributed by atoms with van der Waals surface area (Å²) in [5.41, 5.74) is 5.99. The molecule has 0 aliphatic heterocycles. The number of rotatable bonds is 8. The van der Waals surface area contributed by atoms with Gasteiger partial charge < -0.3 is 20.5 Å². The number of carbonyl (C=O) groups excluding carboxylic acids is 2. The van der Waals surface area contributed by atoms with Crippen LogP contribution in [-0.4, -0.2) is 29.6 Å². The van der Waals surface area contributed by atoms with Gasteiger partial charge in [0.05, 0.1) is 17.2 Å². The van der Waals surface area contributed by atoms with E-state index in [0.717, 1.165) is 0 Å². The maximum atomic E-state index is 12.2. The van der Waals surface area contributed by atoms with Crippen LogP contribution in [0.3, 0.4) is 0 Å². The molecule has 1 aromatic carbocycles. The van der Waals surface area contributed by atoms with Gasteiger partial charge in [-0.05, 0) is 47.1 Å². The first-order valence-electron chi connectivity index (χ1n) is 8.79. The first-order chi connectivity index (χ1) is 12.4. The summed E-state index contributed by atoms with van der Waals surface area (Å²) in [5.74, 6) is -0.329. The van der Waals surface area contributed by atoms with Crippen molar-refractivity contribution in [1.29, 1.82) is 0 Å². The largest absolute Gasteiger partial charge is 0.489 e. The lowest BCUT2D eigenvalue weighted by Gasteiger charge is -2.20. The number of ether oxygens (including phenoxy) is 2. The molecule has 1 amide bonds. The Morgan fingerprint density at radius 2 is 1.85 bits per heavy atom. The molecule has 0 heterocycles. The third kappa shape index (κ3) is 8.37. The zero-order valence-corrected chi connectivity index (χ0v) is 17.9. The first kappa shape index (κ1) is 23.5. The minimum atomic E-state index is -0.824. The van der Waals surface area contributed by atoms with Crippen LogP contribution in [-0.2, 0) is 20.9 Å². The van der Waals surface area contributed by atoms with E-state index < -0.39 is 11.6 Å². The fourth-order valence-corrected chi connectivity index (χ4v) is 2.56. The summed E-state index contributed by atoms with van der Waals surface area (Å²) >= 11 is 12.2. The summed E-state index contributed by atoms with van der Waals surface area (Å²) in [6, 6.07) is 2.55. The quantitative estimate of drug-likeness (QED) is 0.625. The molecule has 0 aliphatic rings. The van der Waals surface area contributed by atoms with Crippen molar-refractivity contribution in [2.45, 2.75) is 71.8 Å². The van der Waals surface area contributed by atoms with Crippen LogP contribution < -0.4 is 15.8 Å². The van der Waals surface area contributed by atoms with Crippen molar-refractivity contribution in [3.8, 4) is 5.75 Å². The molecular weight excluding hydrogens is 391 g/mol. The van der Waals surface area contributed by atoms with Gasteiger partial charge in [-0.3, -0.25) is 9.59 Å².